The molecular formula is C11H16BrNO. The highest BCUT2D eigenvalue weighted by atomic mass is 79.9. The van der Waals surface area contributed by atoms with Gasteiger partial charge in [0.15, 0.2) is 0 Å². The van der Waals surface area contributed by atoms with E-state index >= 15 is 0 Å². The van der Waals surface area contributed by atoms with Crippen LogP contribution < -0.4 is 5.73 Å². The van der Waals surface area contributed by atoms with Gasteiger partial charge in [0, 0.05) is 10.5 Å². The van der Waals surface area contributed by atoms with Gasteiger partial charge in [-0.3, -0.25) is 0 Å². The maximum Gasteiger partial charge on any atom is 0.0940 e. The Balaban J connectivity index is 3.15. The molecule has 0 amide bonds. The van der Waals surface area contributed by atoms with Crippen LogP contribution in [0.3, 0.4) is 0 Å². The number of hydrogen-bond acceptors (Lipinski definition) is 2. The lowest BCUT2D eigenvalue weighted by atomic mass is 9.97. The highest BCUT2D eigenvalue weighted by Crippen LogP contribution is 2.26. The quantitative estimate of drug-likeness (QED) is 0.855. The van der Waals surface area contributed by atoms with E-state index in [1.165, 1.54) is 0 Å². The van der Waals surface area contributed by atoms with Crippen molar-refractivity contribution in [2.75, 3.05) is 0 Å². The van der Waals surface area contributed by atoms with Crippen LogP contribution in [0.25, 0.3) is 0 Å². The molecule has 0 aliphatic carbocycles. The second-order valence-corrected chi connectivity index (χ2v) is 4.62. The molecule has 1 aromatic rings. The van der Waals surface area contributed by atoms with Gasteiger partial charge in [0.2, 0.25) is 0 Å². The van der Waals surface area contributed by atoms with E-state index < -0.39 is 6.10 Å². The van der Waals surface area contributed by atoms with E-state index in [9.17, 15) is 5.11 Å². The van der Waals surface area contributed by atoms with Crippen molar-refractivity contribution < 1.29 is 5.11 Å². The van der Waals surface area contributed by atoms with Crippen molar-refractivity contribution in [1.82, 2.24) is 0 Å². The third kappa shape index (κ3) is 2.35. The standard InChI is InChI=1S/C11H16BrNO/c1-6-5-10(12)7(2)4-9(6)11(14)8(3)13/h4-5,8,11,14H,13H2,1-3H3. The van der Waals surface area contributed by atoms with Gasteiger partial charge in [0.1, 0.15) is 0 Å². The number of aliphatic hydroxyl groups is 1. The van der Waals surface area contributed by atoms with Gasteiger partial charge < -0.3 is 10.8 Å². The van der Waals surface area contributed by atoms with Crippen molar-refractivity contribution in [3.63, 3.8) is 0 Å². The van der Waals surface area contributed by atoms with E-state index in [-0.39, 0.29) is 6.04 Å². The Morgan fingerprint density at radius 1 is 1.29 bits per heavy atom. The Hall–Kier alpha value is -0.380. The molecule has 0 saturated heterocycles. The molecule has 0 spiro atoms. The molecule has 3 heteroatoms. The van der Waals surface area contributed by atoms with Gasteiger partial charge in [-0.1, -0.05) is 22.0 Å². The Kier molecular flexibility index (Phi) is 3.70. The van der Waals surface area contributed by atoms with Crippen molar-refractivity contribution in [1.29, 1.82) is 0 Å². The minimum absolute atomic E-state index is 0.241. The summed E-state index contributed by atoms with van der Waals surface area (Å²) in [6, 6.07) is 3.75. The zero-order valence-corrected chi connectivity index (χ0v) is 10.3. The van der Waals surface area contributed by atoms with Crippen molar-refractivity contribution in [2.45, 2.75) is 32.9 Å². The second-order valence-electron chi connectivity index (χ2n) is 3.76. The molecule has 0 bridgehead atoms. The SMILES string of the molecule is Cc1cc(C(O)C(C)N)c(C)cc1Br. The number of benzene rings is 1. The molecule has 2 nitrogen and oxygen atoms in total. The topological polar surface area (TPSA) is 46.2 Å². The fourth-order valence-corrected chi connectivity index (χ4v) is 1.86. The molecule has 78 valence electrons. The van der Waals surface area contributed by atoms with Crippen LogP contribution in [-0.4, -0.2) is 11.1 Å². The van der Waals surface area contributed by atoms with Gasteiger partial charge in [-0.05, 0) is 43.5 Å². The number of hydrogen-bond donors (Lipinski definition) is 2. The van der Waals surface area contributed by atoms with Crippen LogP contribution in [0.5, 0.6) is 0 Å². The Morgan fingerprint density at radius 3 is 2.36 bits per heavy atom. The third-order valence-electron chi connectivity index (χ3n) is 2.36. The molecular weight excluding hydrogens is 242 g/mol. The summed E-state index contributed by atoms with van der Waals surface area (Å²) in [4.78, 5) is 0. The summed E-state index contributed by atoms with van der Waals surface area (Å²) in [7, 11) is 0. The summed E-state index contributed by atoms with van der Waals surface area (Å²) in [5, 5.41) is 9.85. The van der Waals surface area contributed by atoms with Gasteiger partial charge >= 0.3 is 0 Å². The van der Waals surface area contributed by atoms with E-state index in [1.807, 2.05) is 32.9 Å². The molecule has 1 aromatic carbocycles. The molecule has 2 unspecified atom stereocenters. The first kappa shape index (κ1) is 11.7. The molecule has 0 aliphatic rings. The lowest BCUT2D eigenvalue weighted by Gasteiger charge is -2.18. The molecule has 3 N–H and O–H groups in total. The summed E-state index contributed by atoms with van der Waals surface area (Å²) in [6.45, 7) is 5.79. The molecule has 14 heavy (non-hydrogen) atoms. The van der Waals surface area contributed by atoms with Crippen molar-refractivity contribution in [2.24, 2.45) is 5.73 Å². The first-order valence-corrected chi connectivity index (χ1v) is 5.43. The molecule has 0 aliphatic heterocycles. The number of aryl methyl sites for hydroxylation is 2. The number of halogens is 1. The van der Waals surface area contributed by atoms with E-state index in [4.69, 9.17) is 5.73 Å². The fourth-order valence-electron chi connectivity index (χ4n) is 1.41. The van der Waals surface area contributed by atoms with Gasteiger partial charge in [-0.15, -0.1) is 0 Å². The van der Waals surface area contributed by atoms with Crippen molar-refractivity contribution in [3.05, 3.63) is 33.3 Å². The molecule has 1 rings (SSSR count). The predicted molar refractivity (Wildman–Crippen MR) is 62.2 cm³/mol. The highest BCUT2D eigenvalue weighted by Gasteiger charge is 2.15. The summed E-state index contributed by atoms with van der Waals surface area (Å²) >= 11 is 3.45. The average molecular weight is 258 g/mol. The molecule has 0 radical (unpaired) electrons. The Morgan fingerprint density at radius 2 is 1.86 bits per heavy atom. The van der Waals surface area contributed by atoms with Gasteiger partial charge in [-0.2, -0.15) is 0 Å². The van der Waals surface area contributed by atoms with Gasteiger partial charge in [-0.25, -0.2) is 0 Å². The fraction of sp³-hybridized carbons (Fsp3) is 0.455. The molecule has 0 heterocycles. The van der Waals surface area contributed by atoms with Crippen molar-refractivity contribution in [3.8, 4) is 0 Å². The number of rotatable bonds is 2. The normalized spacial score (nSPS) is 15.3. The number of nitrogens with two attached hydrogens (primary N) is 1. The zero-order chi connectivity index (χ0) is 10.9. The van der Waals surface area contributed by atoms with Crippen molar-refractivity contribution >= 4 is 15.9 Å². The molecule has 0 saturated carbocycles. The molecule has 2 atom stereocenters. The maximum absolute atomic E-state index is 9.85. The maximum atomic E-state index is 9.85. The average Bonchev–Trinajstić information content (AvgIpc) is 2.10. The minimum Gasteiger partial charge on any atom is -0.387 e. The lowest BCUT2D eigenvalue weighted by Crippen LogP contribution is -2.25. The van der Waals surface area contributed by atoms with E-state index in [2.05, 4.69) is 15.9 Å². The predicted octanol–water partition coefficient (Wildman–Crippen LogP) is 2.45. The van der Waals surface area contributed by atoms with Crippen LogP contribution in [-0.2, 0) is 0 Å². The van der Waals surface area contributed by atoms with Crippen LogP contribution in [0.4, 0.5) is 0 Å². The van der Waals surface area contributed by atoms with Gasteiger partial charge in [0.25, 0.3) is 0 Å². The van der Waals surface area contributed by atoms with Crippen LogP contribution >= 0.6 is 15.9 Å². The van der Waals surface area contributed by atoms with E-state index in [1.54, 1.807) is 0 Å². The Bertz CT molecular complexity index is 336. The third-order valence-corrected chi connectivity index (χ3v) is 3.22. The number of aliphatic hydroxyl groups excluding tert-OH is 1. The lowest BCUT2D eigenvalue weighted by molar-refractivity contribution is 0.152. The van der Waals surface area contributed by atoms with Gasteiger partial charge in [0.05, 0.1) is 6.10 Å². The van der Waals surface area contributed by atoms with Crippen LogP contribution in [0.1, 0.15) is 29.7 Å². The van der Waals surface area contributed by atoms with Crippen LogP contribution in [0.15, 0.2) is 16.6 Å². The zero-order valence-electron chi connectivity index (χ0n) is 8.71. The summed E-state index contributed by atoms with van der Waals surface area (Å²) < 4.78 is 1.07. The minimum atomic E-state index is -0.582. The van der Waals surface area contributed by atoms with E-state index in [0.717, 1.165) is 21.2 Å². The van der Waals surface area contributed by atoms with Crippen LogP contribution in [0, 0.1) is 13.8 Å². The largest absolute Gasteiger partial charge is 0.387 e. The van der Waals surface area contributed by atoms with E-state index in [0.29, 0.717) is 0 Å². The first-order chi connectivity index (χ1) is 6.43. The Labute approximate surface area is 93.3 Å². The van der Waals surface area contributed by atoms with Crippen LogP contribution in [0.2, 0.25) is 0 Å². The molecule has 0 fully saturated rings. The monoisotopic (exact) mass is 257 g/mol. The highest BCUT2D eigenvalue weighted by molar-refractivity contribution is 9.10. The second kappa shape index (κ2) is 4.43. The summed E-state index contributed by atoms with van der Waals surface area (Å²) in [6.07, 6.45) is -0.582. The molecule has 0 aromatic heterocycles. The summed E-state index contributed by atoms with van der Waals surface area (Å²) in [5.74, 6) is 0. The first-order valence-electron chi connectivity index (χ1n) is 4.63. The smallest absolute Gasteiger partial charge is 0.0940 e. The summed E-state index contributed by atoms with van der Waals surface area (Å²) in [5.41, 5.74) is 8.76.